The number of benzene rings is 3. The number of aryl methyl sites for hydroxylation is 1. The first-order valence-corrected chi connectivity index (χ1v) is 13.6. The second kappa shape index (κ2) is 10.4. The Morgan fingerprint density at radius 2 is 1.50 bits per heavy atom. The molecular weight excluding hydrogens is 556 g/mol. The number of pyridine rings is 1. The number of nitrogens with one attached hydrogen (secondary N) is 1. The van der Waals surface area contributed by atoms with Crippen molar-refractivity contribution in [2.45, 2.75) is 19.0 Å². The molecule has 5 nitrogen and oxygen atoms in total. The van der Waals surface area contributed by atoms with Gasteiger partial charge in [0, 0.05) is 33.9 Å². The molecule has 188 valence electrons. The molecule has 0 spiro atoms. The number of thiocarbonyl (C=S) groups is 1. The average molecular weight is 582 g/mol. The lowest BCUT2D eigenvalue weighted by Crippen LogP contribution is -2.30. The summed E-state index contributed by atoms with van der Waals surface area (Å²) in [5, 5.41) is 4.20. The van der Waals surface area contributed by atoms with Crippen molar-refractivity contribution in [3.05, 3.63) is 137 Å². The molecule has 38 heavy (non-hydrogen) atoms. The molecule has 7 heteroatoms. The highest BCUT2D eigenvalue weighted by molar-refractivity contribution is 9.10. The molecule has 0 bridgehead atoms. The van der Waals surface area contributed by atoms with Crippen molar-refractivity contribution in [2.24, 2.45) is 0 Å². The Bertz CT molecular complexity index is 1550. The molecular formula is C31H25BrN4OS. The standard InChI is InChI=1S/C31H25BrN4OS/c1-21-7-15-25(16-8-21)37-26-17-13-24(14-18-26)36-30(29(34-31(36)38)27-5-2-3-19-33-27)28-6-4-20-35(28)23-11-9-22(32)10-12-23/h2-20,29-30H,1H3,(H,34,38)/t29-,30-/m0/s1. The Morgan fingerprint density at radius 3 is 2.18 bits per heavy atom. The van der Waals surface area contributed by atoms with Gasteiger partial charge in [-0.05, 0) is 104 Å². The van der Waals surface area contributed by atoms with Crippen LogP contribution in [0.1, 0.15) is 29.0 Å². The van der Waals surface area contributed by atoms with Crippen molar-refractivity contribution in [1.29, 1.82) is 0 Å². The average Bonchev–Trinajstić information content (AvgIpc) is 3.56. The smallest absolute Gasteiger partial charge is 0.174 e. The third-order valence-corrected chi connectivity index (χ3v) is 7.50. The van der Waals surface area contributed by atoms with Crippen LogP contribution in [0.5, 0.6) is 11.5 Å². The van der Waals surface area contributed by atoms with Crippen molar-refractivity contribution in [3.63, 3.8) is 0 Å². The van der Waals surface area contributed by atoms with Gasteiger partial charge in [-0.15, -0.1) is 0 Å². The molecule has 0 radical (unpaired) electrons. The van der Waals surface area contributed by atoms with Gasteiger partial charge in [-0.1, -0.05) is 39.7 Å². The molecule has 6 rings (SSSR count). The van der Waals surface area contributed by atoms with Crippen LogP contribution in [0, 0.1) is 6.92 Å². The molecule has 1 aliphatic rings. The van der Waals surface area contributed by atoms with Gasteiger partial charge in [0.15, 0.2) is 5.11 Å². The number of anilines is 1. The van der Waals surface area contributed by atoms with Crippen molar-refractivity contribution < 1.29 is 4.74 Å². The van der Waals surface area contributed by atoms with E-state index in [1.165, 1.54) is 5.56 Å². The molecule has 2 atom stereocenters. The normalized spacial score (nSPS) is 16.9. The quantitative estimate of drug-likeness (QED) is 0.207. The van der Waals surface area contributed by atoms with E-state index in [9.17, 15) is 0 Å². The zero-order chi connectivity index (χ0) is 26.1. The van der Waals surface area contributed by atoms with E-state index < -0.39 is 0 Å². The van der Waals surface area contributed by atoms with E-state index in [0.29, 0.717) is 5.11 Å². The van der Waals surface area contributed by atoms with E-state index >= 15 is 0 Å². The summed E-state index contributed by atoms with van der Waals surface area (Å²) in [7, 11) is 0. The number of halogens is 1. The number of ether oxygens (including phenoxy) is 1. The molecule has 3 aromatic carbocycles. The summed E-state index contributed by atoms with van der Waals surface area (Å²) < 4.78 is 9.32. The Kier molecular flexibility index (Phi) is 6.70. The fraction of sp³-hybridized carbons (Fsp3) is 0.0968. The van der Waals surface area contributed by atoms with E-state index in [0.717, 1.165) is 38.7 Å². The summed E-state index contributed by atoms with van der Waals surface area (Å²) in [6.45, 7) is 2.06. The Morgan fingerprint density at radius 1 is 0.816 bits per heavy atom. The molecule has 0 amide bonds. The Balaban J connectivity index is 1.38. The van der Waals surface area contributed by atoms with Gasteiger partial charge in [-0.3, -0.25) is 4.98 Å². The van der Waals surface area contributed by atoms with Gasteiger partial charge in [0.05, 0.1) is 11.7 Å². The minimum absolute atomic E-state index is 0.125. The third kappa shape index (κ3) is 4.83. The SMILES string of the molecule is Cc1ccc(Oc2ccc(N3C(=S)N[C@@H](c4ccccn4)[C@@H]3c3cccn3-c3ccc(Br)cc3)cc2)cc1. The second-order valence-electron chi connectivity index (χ2n) is 9.19. The van der Waals surface area contributed by atoms with Gasteiger partial charge in [-0.2, -0.15) is 0 Å². The minimum atomic E-state index is -0.128. The highest BCUT2D eigenvalue weighted by Gasteiger charge is 2.42. The first kappa shape index (κ1) is 24.4. The van der Waals surface area contributed by atoms with Gasteiger partial charge in [0.2, 0.25) is 0 Å². The van der Waals surface area contributed by atoms with Crippen LogP contribution in [0.3, 0.4) is 0 Å². The number of hydrogen-bond donors (Lipinski definition) is 1. The Hall–Kier alpha value is -3.94. The predicted octanol–water partition coefficient (Wildman–Crippen LogP) is 7.91. The number of hydrogen-bond acceptors (Lipinski definition) is 3. The molecule has 2 aromatic heterocycles. The lowest BCUT2D eigenvalue weighted by molar-refractivity contribution is 0.482. The summed E-state index contributed by atoms with van der Waals surface area (Å²) in [5.74, 6) is 1.58. The number of nitrogens with zero attached hydrogens (tertiary/aromatic N) is 3. The first-order valence-electron chi connectivity index (χ1n) is 12.4. The largest absolute Gasteiger partial charge is 0.457 e. The zero-order valence-electron chi connectivity index (χ0n) is 20.7. The monoisotopic (exact) mass is 580 g/mol. The summed E-state index contributed by atoms with van der Waals surface area (Å²) in [4.78, 5) is 6.86. The van der Waals surface area contributed by atoms with E-state index in [4.69, 9.17) is 17.0 Å². The zero-order valence-corrected chi connectivity index (χ0v) is 23.1. The maximum atomic E-state index is 6.07. The van der Waals surface area contributed by atoms with Gasteiger partial charge in [-0.25, -0.2) is 0 Å². The van der Waals surface area contributed by atoms with Crippen molar-refractivity contribution in [2.75, 3.05) is 4.90 Å². The van der Waals surface area contributed by atoms with Crippen LogP contribution in [-0.2, 0) is 0 Å². The molecule has 0 saturated carbocycles. The predicted molar refractivity (Wildman–Crippen MR) is 159 cm³/mol. The molecule has 1 aliphatic heterocycles. The summed E-state index contributed by atoms with van der Waals surface area (Å²) in [6, 6.07) is 34.4. The van der Waals surface area contributed by atoms with Crippen LogP contribution in [-0.4, -0.2) is 14.7 Å². The van der Waals surface area contributed by atoms with Crippen LogP contribution in [0.25, 0.3) is 5.69 Å². The first-order chi connectivity index (χ1) is 18.6. The summed E-state index contributed by atoms with van der Waals surface area (Å²) in [5.41, 5.74) is 5.29. The van der Waals surface area contributed by atoms with Crippen molar-refractivity contribution >= 4 is 38.9 Å². The van der Waals surface area contributed by atoms with Crippen LogP contribution in [0.2, 0.25) is 0 Å². The van der Waals surface area contributed by atoms with Crippen molar-refractivity contribution in [3.8, 4) is 17.2 Å². The molecule has 0 unspecified atom stereocenters. The Labute approximate surface area is 235 Å². The summed E-state index contributed by atoms with van der Waals surface area (Å²) in [6.07, 6.45) is 3.91. The highest BCUT2D eigenvalue weighted by atomic mass is 79.9. The molecule has 0 aliphatic carbocycles. The lowest BCUT2D eigenvalue weighted by atomic mass is 10.0. The fourth-order valence-electron chi connectivity index (χ4n) is 4.82. The topological polar surface area (TPSA) is 42.3 Å². The summed E-state index contributed by atoms with van der Waals surface area (Å²) >= 11 is 9.47. The fourth-order valence-corrected chi connectivity index (χ4v) is 5.43. The van der Waals surface area contributed by atoms with Crippen LogP contribution in [0.4, 0.5) is 5.69 Å². The molecule has 5 aromatic rings. The van der Waals surface area contributed by atoms with Crippen molar-refractivity contribution in [1.82, 2.24) is 14.9 Å². The van der Waals surface area contributed by atoms with E-state index in [-0.39, 0.29) is 12.1 Å². The van der Waals surface area contributed by atoms with Gasteiger partial charge in [0.1, 0.15) is 17.5 Å². The van der Waals surface area contributed by atoms with Gasteiger partial charge >= 0.3 is 0 Å². The van der Waals surface area contributed by atoms with Gasteiger partial charge in [0.25, 0.3) is 0 Å². The molecule has 1 saturated heterocycles. The van der Waals surface area contributed by atoms with Crippen LogP contribution in [0.15, 0.2) is 120 Å². The van der Waals surface area contributed by atoms with Crippen LogP contribution >= 0.6 is 28.1 Å². The maximum absolute atomic E-state index is 6.07. The van der Waals surface area contributed by atoms with Gasteiger partial charge < -0.3 is 19.5 Å². The number of rotatable bonds is 6. The highest BCUT2D eigenvalue weighted by Crippen LogP contribution is 2.42. The minimum Gasteiger partial charge on any atom is -0.457 e. The second-order valence-corrected chi connectivity index (χ2v) is 10.5. The van der Waals surface area contributed by atoms with E-state index in [1.807, 2.05) is 60.8 Å². The van der Waals surface area contributed by atoms with Crippen LogP contribution < -0.4 is 15.0 Å². The molecule has 3 heterocycles. The third-order valence-electron chi connectivity index (χ3n) is 6.66. The van der Waals surface area contributed by atoms with E-state index in [2.05, 4.69) is 97.3 Å². The van der Waals surface area contributed by atoms with E-state index in [1.54, 1.807) is 0 Å². The molecule has 1 N–H and O–H groups in total. The number of aromatic nitrogens is 2. The maximum Gasteiger partial charge on any atom is 0.174 e. The lowest BCUT2D eigenvalue weighted by Gasteiger charge is -2.29. The molecule has 1 fully saturated rings.